The molecule has 3 amide bonds. The van der Waals surface area contributed by atoms with Crippen LogP contribution in [-0.4, -0.2) is 62.4 Å². The van der Waals surface area contributed by atoms with Crippen molar-refractivity contribution < 1.29 is 32.2 Å². The molecule has 0 saturated carbocycles. The molecule has 1 aromatic rings. The van der Waals surface area contributed by atoms with E-state index in [0.717, 1.165) is 0 Å². The van der Waals surface area contributed by atoms with Gasteiger partial charge in [0, 0.05) is 13.1 Å². The first-order chi connectivity index (χ1) is 15.0. The molecule has 1 saturated heterocycles. The summed E-state index contributed by atoms with van der Waals surface area (Å²) in [6.45, 7) is 5.56. The molecular weight excluding hydrogens is 441 g/mol. The normalized spacial score (nSPS) is 16.6. The molecule has 1 aliphatic heterocycles. The first-order valence-electron chi connectivity index (χ1n) is 10.3. The lowest BCUT2D eigenvalue weighted by molar-refractivity contribution is -0.118. The maximum Gasteiger partial charge on any atom is 0.324 e. The van der Waals surface area contributed by atoms with Crippen LogP contribution in [0.3, 0.4) is 0 Å². The van der Waals surface area contributed by atoms with Crippen LogP contribution in [0, 0.1) is 11.7 Å². The second-order valence-corrected chi connectivity index (χ2v) is 9.89. The van der Waals surface area contributed by atoms with Gasteiger partial charge in [-0.2, -0.15) is 0 Å². The Kier molecular flexibility index (Phi) is 8.76. The lowest BCUT2D eigenvalue weighted by Crippen LogP contribution is -2.41. The van der Waals surface area contributed by atoms with Crippen molar-refractivity contribution in [3.05, 3.63) is 41.7 Å². The zero-order chi connectivity index (χ0) is 23.9. The van der Waals surface area contributed by atoms with Crippen LogP contribution in [0.4, 0.5) is 9.18 Å². The molecule has 1 heterocycles. The van der Waals surface area contributed by atoms with Gasteiger partial charge in [-0.1, -0.05) is 39.0 Å². The minimum Gasteiger partial charge on any atom is -0.490 e. The Morgan fingerprint density at radius 1 is 1.34 bits per heavy atom. The lowest BCUT2D eigenvalue weighted by atomic mass is 9.91. The van der Waals surface area contributed by atoms with Gasteiger partial charge >= 0.3 is 6.03 Å². The quantitative estimate of drug-likeness (QED) is 0.313. The van der Waals surface area contributed by atoms with Crippen LogP contribution >= 0.6 is 0 Å². The molecule has 0 spiro atoms. The fourth-order valence-electron chi connectivity index (χ4n) is 2.91. The number of benzene rings is 1. The van der Waals surface area contributed by atoms with E-state index < -0.39 is 33.4 Å². The number of nitrogens with zero attached hydrogens (tertiary/aromatic N) is 1. The van der Waals surface area contributed by atoms with Crippen molar-refractivity contribution >= 4 is 22.0 Å². The lowest BCUT2D eigenvalue weighted by Gasteiger charge is -2.28. The highest BCUT2D eigenvalue weighted by atomic mass is 32.2. The third-order valence-corrected chi connectivity index (χ3v) is 6.10. The summed E-state index contributed by atoms with van der Waals surface area (Å²) in [5.41, 5.74) is -1.22. The predicted molar refractivity (Wildman–Crippen MR) is 117 cm³/mol. The largest absolute Gasteiger partial charge is 0.490 e. The molecule has 0 unspecified atom stereocenters. The number of carbonyl (C=O) groups excluding carboxylic acids is 2. The summed E-state index contributed by atoms with van der Waals surface area (Å²) >= 11 is 0. The molecule has 0 aromatic heterocycles. The van der Waals surface area contributed by atoms with Gasteiger partial charge in [0.05, 0.1) is 12.4 Å². The molecule has 1 aliphatic rings. The third-order valence-electron chi connectivity index (χ3n) is 4.89. The highest BCUT2D eigenvalue weighted by Gasteiger charge is 2.30. The van der Waals surface area contributed by atoms with Crippen LogP contribution in [0.25, 0.3) is 0 Å². The summed E-state index contributed by atoms with van der Waals surface area (Å²) in [7, 11) is -3.78. The molecule has 2 rings (SSSR count). The fraction of sp³-hybridized carbons (Fsp3) is 0.524. The smallest absolute Gasteiger partial charge is 0.324 e. The van der Waals surface area contributed by atoms with E-state index in [4.69, 9.17) is 4.74 Å². The van der Waals surface area contributed by atoms with Crippen LogP contribution in [0.5, 0.6) is 5.75 Å². The van der Waals surface area contributed by atoms with Gasteiger partial charge < -0.3 is 14.7 Å². The Balaban J connectivity index is 1.98. The number of hydrogen-bond donors (Lipinski definition) is 3. The number of amides is 3. The second kappa shape index (κ2) is 10.9. The molecule has 32 heavy (non-hydrogen) atoms. The van der Waals surface area contributed by atoms with Crippen molar-refractivity contribution in [3.63, 3.8) is 0 Å². The number of imide groups is 1. The zero-order valence-corrected chi connectivity index (χ0v) is 19.2. The molecular formula is C21H30FN3O6S. The van der Waals surface area contributed by atoms with Crippen molar-refractivity contribution in [1.82, 2.24) is 14.9 Å². The van der Waals surface area contributed by atoms with Crippen molar-refractivity contribution in [2.24, 2.45) is 5.92 Å². The molecule has 1 aromatic carbocycles. The highest BCUT2D eigenvalue weighted by molar-refractivity contribution is 7.89. The minimum absolute atomic E-state index is 0.00158. The van der Waals surface area contributed by atoms with E-state index in [0.29, 0.717) is 12.2 Å². The van der Waals surface area contributed by atoms with Crippen LogP contribution in [-0.2, 0) is 20.4 Å². The SMILES string of the molecule is CC[C@@](O)(CNS(=O)(=O)C/C=C/CN1CC(=O)NC1=O)c1ccc(F)c(OCC(C)C)c1. The maximum absolute atomic E-state index is 14.0. The van der Waals surface area contributed by atoms with Gasteiger partial charge in [0.1, 0.15) is 12.1 Å². The van der Waals surface area contributed by atoms with E-state index in [9.17, 15) is 27.5 Å². The average molecular weight is 472 g/mol. The van der Waals surface area contributed by atoms with Gasteiger partial charge in [-0.15, -0.1) is 0 Å². The van der Waals surface area contributed by atoms with E-state index in [1.807, 2.05) is 13.8 Å². The van der Waals surface area contributed by atoms with E-state index in [1.54, 1.807) is 6.92 Å². The molecule has 3 N–H and O–H groups in total. The van der Waals surface area contributed by atoms with Crippen molar-refractivity contribution in [1.29, 1.82) is 0 Å². The van der Waals surface area contributed by atoms with Crippen LogP contribution in [0.1, 0.15) is 32.8 Å². The molecule has 178 valence electrons. The number of rotatable bonds is 12. The number of halogens is 1. The predicted octanol–water partition coefficient (Wildman–Crippen LogP) is 1.49. The number of aliphatic hydroxyl groups is 1. The Morgan fingerprint density at radius 2 is 2.06 bits per heavy atom. The molecule has 1 atom stereocenters. The third kappa shape index (κ3) is 7.28. The summed E-state index contributed by atoms with van der Waals surface area (Å²) in [6.07, 6.45) is 3.01. The van der Waals surface area contributed by atoms with E-state index in [1.165, 1.54) is 35.3 Å². The van der Waals surface area contributed by atoms with E-state index in [-0.39, 0.29) is 43.5 Å². The molecule has 0 radical (unpaired) electrons. The van der Waals surface area contributed by atoms with Gasteiger partial charge in [0.2, 0.25) is 15.9 Å². The van der Waals surface area contributed by atoms with Gasteiger partial charge in [-0.05, 0) is 30.0 Å². The van der Waals surface area contributed by atoms with Crippen molar-refractivity contribution in [2.45, 2.75) is 32.8 Å². The Hall–Kier alpha value is -2.50. The van der Waals surface area contributed by atoms with E-state index in [2.05, 4.69) is 10.0 Å². The second-order valence-electron chi connectivity index (χ2n) is 8.04. The van der Waals surface area contributed by atoms with Crippen molar-refractivity contribution in [2.75, 3.05) is 32.0 Å². The van der Waals surface area contributed by atoms with Crippen molar-refractivity contribution in [3.8, 4) is 5.75 Å². The van der Waals surface area contributed by atoms with E-state index >= 15 is 0 Å². The highest BCUT2D eigenvalue weighted by Crippen LogP contribution is 2.29. The van der Waals surface area contributed by atoms with Crippen LogP contribution in [0.15, 0.2) is 30.4 Å². The Labute approximate surface area is 187 Å². The molecule has 9 nitrogen and oxygen atoms in total. The van der Waals surface area contributed by atoms with Gasteiger partial charge in [-0.25, -0.2) is 22.3 Å². The number of urea groups is 1. The van der Waals surface area contributed by atoms with Crippen LogP contribution in [0.2, 0.25) is 0 Å². The first kappa shape index (κ1) is 25.8. The monoisotopic (exact) mass is 471 g/mol. The van der Waals surface area contributed by atoms with Gasteiger partial charge in [0.15, 0.2) is 11.6 Å². The standard InChI is InChI=1S/C21H30FN3O6S/c1-4-21(28,16-7-8-17(22)18(11-16)31-13-15(2)3)14-23-32(29,30)10-6-5-9-25-12-19(26)24-20(25)27/h5-8,11,15,23,28H,4,9-10,12-14H2,1-3H3,(H,24,26,27)/b6-5+/t21-/m1/s1. The summed E-state index contributed by atoms with van der Waals surface area (Å²) in [4.78, 5) is 23.8. The summed E-state index contributed by atoms with van der Waals surface area (Å²) in [5.74, 6) is -1.16. The van der Waals surface area contributed by atoms with Gasteiger partial charge in [0.25, 0.3) is 0 Å². The Morgan fingerprint density at radius 3 is 2.66 bits per heavy atom. The maximum atomic E-state index is 14.0. The topological polar surface area (TPSA) is 125 Å². The number of hydrogen-bond acceptors (Lipinski definition) is 6. The number of nitrogens with one attached hydrogen (secondary N) is 2. The zero-order valence-electron chi connectivity index (χ0n) is 18.4. The molecule has 0 bridgehead atoms. The first-order valence-corrected chi connectivity index (χ1v) is 12.0. The molecule has 11 heteroatoms. The summed E-state index contributed by atoms with van der Waals surface area (Å²) in [6, 6.07) is 3.45. The summed E-state index contributed by atoms with van der Waals surface area (Å²) in [5, 5.41) is 13.1. The Bertz CT molecular complexity index is 966. The number of carbonyl (C=O) groups is 2. The number of ether oxygens (including phenoxy) is 1. The minimum atomic E-state index is -3.78. The number of sulfonamides is 1. The van der Waals surface area contributed by atoms with Gasteiger partial charge in [-0.3, -0.25) is 10.1 Å². The molecule has 1 fully saturated rings. The fourth-order valence-corrected chi connectivity index (χ4v) is 3.87. The van der Waals surface area contributed by atoms with Crippen LogP contribution < -0.4 is 14.8 Å². The average Bonchev–Trinajstić information content (AvgIpc) is 3.05. The molecule has 0 aliphatic carbocycles. The summed E-state index contributed by atoms with van der Waals surface area (Å²) < 4.78 is 46.5.